The van der Waals surface area contributed by atoms with Crippen molar-refractivity contribution in [3.8, 4) is 17.2 Å². The molecule has 0 saturated heterocycles. The zero-order valence-electron chi connectivity index (χ0n) is 16.0. The number of methoxy groups -OCH3 is 1. The second kappa shape index (κ2) is 9.68. The second-order valence-electron chi connectivity index (χ2n) is 6.02. The Morgan fingerprint density at radius 1 is 1.10 bits per heavy atom. The lowest BCUT2D eigenvalue weighted by Crippen LogP contribution is -2.05. The lowest BCUT2D eigenvalue weighted by atomic mass is 10.3. The minimum Gasteiger partial charge on any atom is -0.489 e. The van der Waals surface area contributed by atoms with E-state index in [0.29, 0.717) is 41.4 Å². The third kappa shape index (κ3) is 6.14. The quantitative estimate of drug-likeness (QED) is 0.479. The highest BCUT2D eigenvalue weighted by molar-refractivity contribution is 7.90. The standard InChI is InChI=1S/C19H21N3O5S2/c1-25-9-3-10-26-17-12-15(13-21-18(17)22-19-20-8-11-28-19)27-14-4-6-16(7-5-14)29(2,23)24/h4-8,11-13H,3,9-10H2,1-2H3,(H,20,21,22). The highest BCUT2D eigenvalue weighted by atomic mass is 32.2. The monoisotopic (exact) mass is 435 g/mol. The van der Waals surface area contributed by atoms with E-state index in [1.165, 1.54) is 23.5 Å². The summed E-state index contributed by atoms with van der Waals surface area (Å²) >= 11 is 1.45. The van der Waals surface area contributed by atoms with Crippen molar-refractivity contribution in [3.05, 3.63) is 48.1 Å². The van der Waals surface area contributed by atoms with Gasteiger partial charge in [0.05, 0.1) is 17.7 Å². The Hall–Kier alpha value is -2.69. The maximum Gasteiger partial charge on any atom is 0.188 e. The molecule has 3 rings (SSSR count). The molecular weight excluding hydrogens is 414 g/mol. The van der Waals surface area contributed by atoms with Crippen LogP contribution < -0.4 is 14.8 Å². The van der Waals surface area contributed by atoms with Gasteiger partial charge in [-0.3, -0.25) is 0 Å². The van der Waals surface area contributed by atoms with Crippen LogP contribution in [0.25, 0.3) is 0 Å². The van der Waals surface area contributed by atoms with Crippen LogP contribution >= 0.6 is 11.3 Å². The summed E-state index contributed by atoms with van der Waals surface area (Å²) in [5, 5.41) is 5.68. The van der Waals surface area contributed by atoms with E-state index in [1.807, 2.05) is 5.38 Å². The molecule has 2 aromatic heterocycles. The Kier molecular flexibility index (Phi) is 7.02. The first-order valence-corrected chi connectivity index (χ1v) is 11.5. The average molecular weight is 436 g/mol. The van der Waals surface area contributed by atoms with Crippen LogP contribution in [-0.2, 0) is 14.6 Å². The molecular formula is C19H21N3O5S2. The smallest absolute Gasteiger partial charge is 0.188 e. The van der Waals surface area contributed by atoms with Gasteiger partial charge in [-0.15, -0.1) is 11.3 Å². The molecule has 0 fully saturated rings. The number of anilines is 2. The van der Waals surface area contributed by atoms with Gasteiger partial charge in [0.1, 0.15) is 11.5 Å². The van der Waals surface area contributed by atoms with Crippen molar-refractivity contribution in [2.75, 3.05) is 31.9 Å². The zero-order chi connectivity index (χ0) is 20.7. The number of ether oxygens (including phenoxy) is 3. The van der Waals surface area contributed by atoms with Crippen molar-refractivity contribution in [1.29, 1.82) is 0 Å². The summed E-state index contributed by atoms with van der Waals surface area (Å²) in [5.74, 6) is 1.99. The molecule has 0 amide bonds. The van der Waals surface area contributed by atoms with Crippen LogP contribution in [0.15, 0.2) is 53.0 Å². The second-order valence-corrected chi connectivity index (χ2v) is 8.93. The maximum absolute atomic E-state index is 11.6. The van der Waals surface area contributed by atoms with E-state index in [2.05, 4.69) is 15.3 Å². The molecule has 0 bridgehead atoms. The molecule has 2 heterocycles. The Bertz CT molecular complexity index is 1020. The molecule has 0 radical (unpaired) electrons. The molecule has 154 valence electrons. The first-order valence-electron chi connectivity index (χ1n) is 8.72. The van der Waals surface area contributed by atoms with E-state index in [1.54, 1.807) is 37.7 Å². The predicted octanol–water partition coefficient (Wildman–Crippen LogP) is 3.89. The number of hydrogen-bond donors (Lipinski definition) is 1. The largest absolute Gasteiger partial charge is 0.489 e. The molecule has 29 heavy (non-hydrogen) atoms. The van der Waals surface area contributed by atoms with Gasteiger partial charge in [-0.1, -0.05) is 0 Å². The van der Waals surface area contributed by atoms with Gasteiger partial charge < -0.3 is 19.5 Å². The van der Waals surface area contributed by atoms with Crippen LogP contribution in [0.2, 0.25) is 0 Å². The van der Waals surface area contributed by atoms with Gasteiger partial charge >= 0.3 is 0 Å². The molecule has 0 atom stereocenters. The van der Waals surface area contributed by atoms with Gasteiger partial charge in [-0.2, -0.15) is 0 Å². The van der Waals surface area contributed by atoms with Gasteiger partial charge in [0.25, 0.3) is 0 Å². The summed E-state index contributed by atoms with van der Waals surface area (Å²) in [6.07, 6.45) is 5.14. The molecule has 3 aromatic rings. The minimum absolute atomic E-state index is 0.230. The van der Waals surface area contributed by atoms with Gasteiger partial charge in [0.15, 0.2) is 26.5 Å². The Balaban J connectivity index is 1.77. The zero-order valence-corrected chi connectivity index (χ0v) is 17.6. The SMILES string of the molecule is COCCCOc1cc(Oc2ccc(S(C)(=O)=O)cc2)cnc1Nc1nccs1. The molecule has 1 N–H and O–H groups in total. The predicted molar refractivity (Wildman–Crippen MR) is 111 cm³/mol. The average Bonchev–Trinajstić information content (AvgIpc) is 3.20. The minimum atomic E-state index is -3.26. The summed E-state index contributed by atoms with van der Waals surface area (Å²) < 4.78 is 39.8. The van der Waals surface area contributed by atoms with Crippen LogP contribution in [0.5, 0.6) is 17.2 Å². The fourth-order valence-electron chi connectivity index (χ4n) is 2.35. The lowest BCUT2D eigenvalue weighted by Gasteiger charge is -2.13. The third-order valence-electron chi connectivity index (χ3n) is 3.72. The van der Waals surface area contributed by atoms with Gasteiger partial charge in [0.2, 0.25) is 0 Å². The molecule has 0 saturated carbocycles. The van der Waals surface area contributed by atoms with Gasteiger partial charge in [-0.05, 0) is 24.3 Å². The molecule has 0 aliphatic heterocycles. The van der Waals surface area contributed by atoms with E-state index in [4.69, 9.17) is 14.2 Å². The lowest BCUT2D eigenvalue weighted by molar-refractivity contribution is 0.172. The molecule has 10 heteroatoms. The number of benzene rings is 1. The van der Waals surface area contributed by atoms with E-state index >= 15 is 0 Å². The summed E-state index contributed by atoms with van der Waals surface area (Å²) in [6, 6.07) is 7.91. The molecule has 0 aliphatic carbocycles. The van der Waals surface area contributed by atoms with E-state index in [0.717, 1.165) is 12.7 Å². The summed E-state index contributed by atoms with van der Waals surface area (Å²) in [6.45, 7) is 1.04. The number of sulfone groups is 1. The van der Waals surface area contributed by atoms with Gasteiger partial charge in [-0.25, -0.2) is 18.4 Å². The Morgan fingerprint density at radius 2 is 1.90 bits per heavy atom. The Labute approximate surface area is 173 Å². The molecule has 8 nitrogen and oxygen atoms in total. The number of hydrogen-bond acceptors (Lipinski definition) is 9. The Morgan fingerprint density at radius 3 is 2.55 bits per heavy atom. The van der Waals surface area contributed by atoms with Crippen molar-refractivity contribution in [3.63, 3.8) is 0 Å². The van der Waals surface area contributed by atoms with Crippen LogP contribution in [0.3, 0.4) is 0 Å². The number of rotatable bonds is 10. The summed E-state index contributed by atoms with van der Waals surface area (Å²) in [4.78, 5) is 8.81. The molecule has 0 unspecified atom stereocenters. The van der Waals surface area contributed by atoms with Crippen LogP contribution in [0.4, 0.5) is 10.9 Å². The number of pyridine rings is 1. The van der Waals surface area contributed by atoms with Crippen LogP contribution in [0.1, 0.15) is 6.42 Å². The third-order valence-corrected chi connectivity index (χ3v) is 5.54. The van der Waals surface area contributed by atoms with Gasteiger partial charge in [0, 0.05) is 44.0 Å². The van der Waals surface area contributed by atoms with E-state index < -0.39 is 9.84 Å². The first kappa shape index (κ1) is 21.0. The number of thiazole rings is 1. The molecule has 1 aromatic carbocycles. The number of nitrogens with zero attached hydrogens (tertiary/aromatic N) is 2. The normalized spacial score (nSPS) is 11.2. The van der Waals surface area contributed by atoms with Crippen LogP contribution in [-0.4, -0.2) is 45.0 Å². The fraction of sp³-hybridized carbons (Fsp3) is 0.263. The summed E-state index contributed by atoms with van der Waals surface area (Å²) in [7, 11) is -1.62. The maximum atomic E-state index is 11.6. The van der Waals surface area contributed by atoms with Crippen molar-refractivity contribution in [1.82, 2.24) is 9.97 Å². The highest BCUT2D eigenvalue weighted by Crippen LogP contribution is 2.32. The molecule has 0 aliphatic rings. The van der Waals surface area contributed by atoms with Crippen LogP contribution in [0, 0.1) is 0 Å². The van der Waals surface area contributed by atoms with E-state index in [-0.39, 0.29) is 4.90 Å². The van der Waals surface area contributed by atoms with E-state index in [9.17, 15) is 8.42 Å². The van der Waals surface area contributed by atoms with Crippen molar-refractivity contribution < 1.29 is 22.6 Å². The first-order chi connectivity index (χ1) is 14.0. The molecule has 0 spiro atoms. The van der Waals surface area contributed by atoms with Crippen molar-refractivity contribution >= 4 is 32.1 Å². The number of aromatic nitrogens is 2. The fourth-order valence-corrected chi connectivity index (χ4v) is 3.51. The van der Waals surface area contributed by atoms with Crippen molar-refractivity contribution in [2.45, 2.75) is 11.3 Å². The highest BCUT2D eigenvalue weighted by Gasteiger charge is 2.11. The summed E-state index contributed by atoms with van der Waals surface area (Å²) in [5.41, 5.74) is 0. The van der Waals surface area contributed by atoms with Crippen molar-refractivity contribution in [2.24, 2.45) is 0 Å². The topological polar surface area (TPSA) is 99.6 Å². The number of nitrogens with one attached hydrogen (secondary N) is 1.